The van der Waals surface area contributed by atoms with Gasteiger partial charge in [-0.15, -0.1) is 0 Å². The van der Waals surface area contributed by atoms with Gasteiger partial charge in [0.2, 0.25) is 5.91 Å². The summed E-state index contributed by atoms with van der Waals surface area (Å²) in [5, 5.41) is 21.8. The molecule has 0 aliphatic rings. The van der Waals surface area contributed by atoms with Gasteiger partial charge in [0, 0.05) is 12.8 Å². The second-order valence-corrected chi connectivity index (χ2v) is 16.0. The topological polar surface area (TPSA) is 169 Å². The first kappa shape index (κ1) is 51.2. The first-order valence-corrected chi connectivity index (χ1v) is 22.7. The van der Waals surface area contributed by atoms with Crippen LogP contribution in [0.3, 0.4) is 0 Å². The molecule has 0 fully saturated rings. The Balaban J connectivity index is 3.91. The molecular weight excluding hydrogens is 697 g/mol. The van der Waals surface area contributed by atoms with Gasteiger partial charge in [0.05, 0.1) is 13.2 Å². The Morgan fingerprint density at radius 3 is 1.43 bits per heavy atom. The number of phosphoric ester groups is 1. The average Bonchev–Trinajstić information content (AvgIpc) is 3.13. The van der Waals surface area contributed by atoms with E-state index in [-0.39, 0.29) is 12.8 Å². The normalized spacial score (nSPS) is 13.9. The minimum absolute atomic E-state index is 0.150. The van der Waals surface area contributed by atoms with E-state index in [1.165, 1.54) is 103 Å². The maximum atomic E-state index is 12.3. The summed E-state index contributed by atoms with van der Waals surface area (Å²) in [6.07, 6.45) is 35.2. The summed E-state index contributed by atoms with van der Waals surface area (Å²) >= 11 is 0. The average molecular weight is 776 g/mol. The van der Waals surface area contributed by atoms with Gasteiger partial charge in [0.15, 0.2) is 6.04 Å². The Labute approximate surface area is 322 Å². The highest BCUT2D eigenvalue weighted by Gasteiger charge is 2.28. The summed E-state index contributed by atoms with van der Waals surface area (Å²) in [5.74, 6) is -2.37. The smallest absolute Gasteiger partial charge is 0.472 e. The maximum absolute atomic E-state index is 12.3. The molecule has 0 saturated heterocycles. The summed E-state index contributed by atoms with van der Waals surface area (Å²) < 4.78 is 26.8. The fraction of sp³-hybridized carbons (Fsp3) is 0.878. The number of carbonyl (C=O) groups excluding carboxylic acids is 2. The van der Waals surface area contributed by atoms with Gasteiger partial charge in [-0.1, -0.05) is 161 Å². The number of allylic oxidation sites excluding steroid dienone is 2. The predicted molar refractivity (Wildman–Crippen MR) is 213 cm³/mol. The molecule has 3 atom stereocenters. The molecule has 0 aliphatic carbocycles. The van der Waals surface area contributed by atoms with Gasteiger partial charge in [0.25, 0.3) is 0 Å². The van der Waals surface area contributed by atoms with Gasteiger partial charge in [-0.05, 0) is 38.5 Å². The highest BCUT2D eigenvalue weighted by Crippen LogP contribution is 2.43. The van der Waals surface area contributed by atoms with Crippen LogP contribution in [0.2, 0.25) is 0 Å². The number of aliphatic carboxylic acids is 1. The zero-order valence-electron chi connectivity index (χ0n) is 33.6. The molecule has 1 amide bonds. The fourth-order valence-corrected chi connectivity index (χ4v) is 6.73. The van der Waals surface area contributed by atoms with Crippen molar-refractivity contribution < 1.29 is 47.8 Å². The number of hydrogen-bond donors (Lipinski definition) is 4. The van der Waals surface area contributed by atoms with E-state index in [4.69, 9.17) is 13.8 Å². The zero-order chi connectivity index (χ0) is 39.3. The third-order valence-electron chi connectivity index (χ3n) is 9.30. The molecule has 0 aliphatic heterocycles. The van der Waals surface area contributed by atoms with Gasteiger partial charge in [-0.25, -0.2) is 9.36 Å². The quantitative estimate of drug-likeness (QED) is 0.0203. The molecule has 4 N–H and O–H groups in total. The van der Waals surface area contributed by atoms with Gasteiger partial charge in [-0.3, -0.25) is 18.6 Å². The Kier molecular flexibility index (Phi) is 35.9. The van der Waals surface area contributed by atoms with Crippen LogP contribution < -0.4 is 5.32 Å². The largest absolute Gasteiger partial charge is 0.480 e. The van der Waals surface area contributed by atoms with E-state index < -0.39 is 57.6 Å². The Morgan fingerprint density at radius 2 is 0.981 bits per heavy atom. The zero-order valence-corrected chi connectivity index (χ0v) is 34.5. The number of ether oxygens (including phenoxy) is 1. The lowest BCUT2D eigenvalue weighted by Crippen LogP contribution is -2.43. The van der Waals surface area contributed by atoms with Crippen LogP contribution in [0, 0.1) is 0 Å². The van der Waals surface area contributed by atoms with E-state index in [2.05, 4.69) is 31.3 Å². The van der Waals surface area contributed by atoms with E-state index in [0.717, 1.165) is 57.8 Å². The number of nitrogens with one attached hydrogen (secondary N) is 1. The maximum Gasteiger partial charge on any atom is 0.472 e. The third kappa shape index (κ3) is 36.9. The van der Waals surface area contributed by atoms with Crippen LogP contribution in [0.15, 0.2) is 12.2 Å². The Morgan fingerprint density at radius 1 is 0.585 bits per heavy atom. The van der Waals surface area contributed by atoms with E-state index in [0.29, 0.717) is 12.8 Å². The first-order chi connectivity index (χ1) is 25.6. The summed E-state index contributed by atoms with van der Waals surface area (Å²) in [5.41, 5.74) is 0. The number of carbonyl (C=O) groups is 3. The van der Waals surface area contributed by atoms with Crippen molar-refractivity contribution in [2.75, 3.05) is 19.8 Å². The molecule has 12 heteroatoms. The highest BCUT2D eigenvalue weighted by atomic mass is 31.2. The number of aliphatic hydroxyl groups excluding tert-OH is 1. The first-order valence-electron chi connectivity index (χ1n) is 21.2. The molecule has 0 aromatic rings. The number of carboxylic acids is 1. The molecule has 0 aromatic carbocycles. The Hall–Kier alpha value is -1.78. The van der Waals surface area contributed by atoms with Crippen LogP contribution in [-0.4, -0.2) is 64.9 Å². The van der Waals surface area contributed by atoms with E-state index in [1.807, 2.05) is 0 Å². The number of unbranched alkanes of at least 4 members (excludes halogenated alkanes) is 24. The Bertz CT molecular complexity index is 963. The third-order valence-corrected chi connectivity index (χ3v) is 10.3. The van der Waals surface area contributed by atoms with Crippen LogP contribution in [0.1, 0.15) is 200 Å². The van der Waals surface area contributed by atoms with Gasteiger partial charge in [-0.2, -0.15) is 0 Å². The number of aliphatic hydroxyl groups is 1. The van der Waals surface area contributed by atoms with E-state index >= 15 is 0 Å². The highest BCUT2D eigenvalue weighted by molar-refractivity contribution is 7.47. The van der Waals surface area contributed by atoms with Crippen molar-refractivity contribution >= 4 is 25.7 Å². The number of rotatable bonds is 40. The number of amides is 1. The summed E-state index contributed by atoms with van der Waals surface area (Å²) in [7, 11) is -4.75. The molecule has 3 unspecified atom stereocenters. The number of hydrogen-bond acceptors (Lipinski definition) is 8. The van der Waals surface area contributed by atoms with Crippen molar-refractivity contribution in [1.82, 2.24) is 5.32 Å². The van der Waals surface area contributed by atoms with Crippen molar-refractivity contribution in [2.24, 2.45) is 0 Å². The summed E-state index contributed by atoms with van der Waals surface area (Å²) in [6.45, 7) is 2.58. The van der Waals surface area contributed by atoms with Gasteiger partial charge < -0.3 is 25.2 Å². The van der Waals surface area contributed by atoms with E-state index in [9.17, 15) is 34.1 Å². The summed E-state index contributed by atoms with van der Waals surface area (Å²) in [6, 6.07) is -1.54. The van der Waals surface area contributed by atoms with Crippen molar-refractivity contribution in [3.63, 3.8) is 0 Å². The van der Waals surface area contributed by atoms with Gasteiger partial charge in [0.1, 0.15) is 12.7 Å². The number of carboxylic acid groups (broad SMARTS) is 1. The minimum Gasteiger partial charge on any atom is -0.480 e. The molecule has 53 heavy (non-hydrogen) atoms. The lowest BCUT2D eigenvalue weighted by molar-refractivity contribution is -0.147. The molecule has 0 rings (SSSR count). The molecule has 0 saturated carbocycles. The predicted octanol–water partition coefficient (Wildman–Crippen LogP) is 10.5. The lowest BCUT2D eigenvalue weighted by atomic mass is 10.0. The monoisotopic (exact) mass is 776 g/mol. The van der Waals surface area contributed by atoms with Crippen LogP contribution >= 0.6 is 7.82 Å². The molecule has 0 bridgehead atoms. The van der Waals surface area contributed by atoms with E-state index in [1.54, 1.807) is 0 Å². The van der Waals surface area contributed by atoms with Crippen molar-refractivity contribution in [2.45, 2.75) is 212 Å². The standard InChI is InChI=1S/C41H78NO10P/c1-3-5-7-9-11-13-15-17-19-21-23-25-27-29-31-33-40(45)50-34-37(43)35-51-53(48,49)52-36-38(41(46)47)42-39(44)32-30-28-26-24-22-20-18-16-14-12-10-8-6-4-2/h17,19,37-38,43H,3-16,18,20-36H2,1-2H3,(H,42,44)(H,46,47)(H,48,49)/b19-17-. The second-order valence-electron chi connectivity index (χ2n) is 14.5. The number of esters is 1. The van der Waals surface area contributed by atoms with Gasteiger partial charge >= 0.3 is 19.8 Å². The van der Waals surface area contributed by atoms with Crippen LogP contribution in [-0.2, 0) is 32.7 Å². The SMILES string of the molecule is CCCCCCCC/C=C\CCCCCCCC(=O)OCC(O)COP(=O)(O)OCC(NC(=O)CCCCCCCCCCCCCCCC)C(=O)O. The molecule has 11 nitrogen and oxygen atoms in total. The molecule has 0 spiro atoms. The van der Waals surface area contributed by atoms with Crippen molar-refractivity contribution in [3.8, 4) is 0 Å². The summed E-state index contributed by atoms with van der Waals surface area (Å²) in [4.78, 5) is 45.8. The van der Waals surface area contributed by atoms with Crippen LogP contribution in [0.4, 0.5) is 0 Å². The van der Waals surface area contributed by atoms with Crippen molar-refractivity contribution in [3.05, 3.63) is 12.2 Å². The van der Waals surface area contributed by atoms with Crippen molar-refractivity contribution in [1.29, 1.82) is 0 Å². The lowest BCUT2D eigenvalue weighted by Gasteiger charge is -2.18. The molecule has 312 valence electrons. The van der Waals surface area contributed by atoms with Crippen LogP contribution in [0.5, 0.6) is 0 Å². The molecular formula is C41H78NO10P. The van der Waals surface area contributed by atoms with Crippen LogP contribution in [0.25, 0.3) is 0 Å². The second kappa shape index (κ2) is 37.2. The fourth-order valence-electron chi connectivity index (χ4n) is 5.96. The number of phosphoric acid groups is 1. The minimum atomic E-state index is -4.75. The molecule has 0 heterocycles. The molecule has 0 aromatic heterocycles. The molecule has 0 radical (unpaired) electrons.